The second-order valence-electron chi connectivity index (χ2n) is 6.60. The highest BCUT2D eigenvalue weighted by Crippen LogP contribution is 2.44. The molecule has 0 aromatic carbocycles. The summed E-state index contributed by atoms with van der Waals surface area (Å²) in [4.78, 5) is 27.5. The van der Waals surface area contributed by atoms with Crippen LogP contribution in [0.25, 0.3) is 0 Å². The first-order chi connectivity index (χ1) is 11.5. The summed E-state index contributed by atoms with van der Waals surface area (Å²) in [6.45, 7) is 12.3. The number of hydrogen-bond acceptors (Lipinski definition) is 5. The molecule has 0 radical (unpaired) electrons. The van der Waals surface area contributed by atoms with Crippen LogP contribution in [-0.4, -0.2) is 43.1 Å². The molecule has 2 aliphatic rings. The third-order valence-corrected chi connectivity index (χ3v) is 5.09. The van der Waals surface area contributed by atoms with Crippen molar-refractivity contribution < 1.29 is 19.1 Å². The number of ether oxygens (including phenoxy) is 2. The van der Waals surface area contributed by atoms with Gasteiger partial charge in [0.15, 0.2) is 5.41 Å². The van der Waals surface area contributed by atoms with Gasteiger partial charge in [-0.1, -0.05) is 12.2 Å². The van der Waals surface area contributed by atoms with Gasteiger partial charge in [0.1, 0.15) is 0 Å². The Kier molecular flexibility index (Phi) is 6.08. The quantitative estimate of drug-likeness (QED) is 0.551. The lowest BCUT2D eigenvalue weighted by Gasteiger charge is -2.36. The van der Waals surface area contributed by atoms with Gasteiger partial charge in [0.2, 0.25) is 0 Å². The summed E-state index contributed by atoms with van der Waals surface area (Å²) in [6.07, 6.45) is 3.76. The Morgan fingerprint density at radius 2 is 1.67 bits per heavy atom. The Balaban J connectivity index is 2.31. The molecule has 5 heteroatoms. The SMILES string of the molecule is C=C(C1=C(C)CCC(C(=O)OCC)(C(=O)OCC)C1)N1CCCC1. The summed E-state index contributed by atoms with van der Waals surface area (Å²) < 4.78 is 10.5. The molecular formula is C19H29NO4. The summed E-state index contributed by atoms with van der Waals surface area (Å²) in [5, 5.41) is 0. The number of allylic oxidation sites excluding steroid dienone is 2. The average molecular weight is 335 g/mol. The highest BCUT2D eigenvalue weighted by atomic mass is 16.6. The molecule has 0 N–H and O–H groups in total. The normalized spacial score (nSPS) is 20.0. The molecule has 5 nitrogen and oxygen atoms in total. The molecule has 1 heterocycles. The van der Waals surface area contributed by atoms with E-state index in [1.165, 1.54) is 5.57 Å². The lowest BCUT2D eigenvalue weighted by atomic mass is 9.70. The van der Waals surface area contributed by atoms with E-state index in [2.05, 4.69) is 18.4 Å². The summed E-state index contributed by atoms with van der Waals surface area (Å²) in [6, 6.07) is 0. The van der Waals surface area contributed by atoms with Crippen LogP contribution in [0, 0.1) is 5.41 Å². The topological polar surface area (TPSA) is 55.8 Å². The number of nitrogens with zero attached hydrogens (tertiary/aromatic N) is 1. The largest absolute Gasteiger partial charge is 0.465 e. The lowest BCUT2D eigenvalue weighted by Crippen LogP contribution is -2.44. The van der Waals surface area contributed by atoms with E-state index in [0.717, 1.165) is 37.2 Å². The third-order valence-electron chi connectivity index (χ3n) is 5.09. The van der Waals surface area contributed by atoms with E-state index in [0.29, 0.717) is 19.3 Å². The molecule has 1 aliphatic heterocycles. The highest BCUT2D eigenvalue weighted by Gasteiger charge is 2.51. The van der Waals surface area contributed by atoms with Crippen molar-refractivity contribution in [3.63, 3.8) is 0 Å². The van der Waals surface area contributed by atoms with Crippen LogP contribution in [0.3, 0.4) is 0 Å². The van der Waals surface area contributed by atoms with E-state index in [1.807, 2.05) is 0 Å². The molecule has 2 rings (SSSR count). The molecule has 0 unspecified atom stereocenters. The van der Waals surface area contributed by atoms with Crippen molar-refractivity contribution in [1.29, 1.82) is 0 Å². The Hall–Kier alpha value is -1.78. The van der Waals surface area contributed by atoms with E-state index in [4.69, 9.17) is 9.47 Å². The maximum absolute atomic E-state index is 12.6. The van der Waals surface area contributed by atoms with Crippen LogP contribution < -0.4 is 0 Å². The van der Waals surface area contributed by atoms with E-state index in [-0.39, 0.29) is 13.2 Å². The Labute approximate surface area is 144 Å². The number of carbonyl (C=O) groups is 2. The van der Waals surface area contributed by atoms with Gasteiger partial charge in [-0.05, 0) is 52.0 Å². The molecule has 0 aromatic heterocycles. The van der Waals surface area contributed by atoms with E-state index in [9.17, 15) is 9.59 Å². The van der Waals surface area contributed by atoms with Crippen molar-refractivity contribution in [1.82, 2.24) is 4.90 Å². The number of likely N-dealkylation sites (tertiary alicyclic amines) is 1. The minimum Gasteiger partial charge on any atom is -0.465 e. The van der Waals surface area contributed by atoms with Gasteiger partial charge >= 0.3 is 11.9 Å². The first kappa shape index (κ1) is 18.6. The van der Waals surface area contributed by atoms with Gasteiger partial charge in [0, 0.05) is 25.2 Å². The van der Waals surface area contributed by atoms with Crippen molar-refractivity contribution in [2.24, 2.45) is 5.41 Å². The lowest BCUT2D eigenvalue weighted by molar-refractivity contribution is -0.173. The van der Waals surface area contributed by atoms with Gasteiger partial charge in [-0.2, -0.15) is 0 Å². The number of carbonyl (C=O) groups excluding carboxylic acids is 2. The second kappa shape index (κ2) is 7.86. The molecule has 24 heavy (non-hydrogen) atoms. The molecule has 1 fully saturated rings. The zero-order chi connectivity index (χ0) is 17.7. The minimum absolute atomic E-state index is 0.255. The summed E-state index contributed by atoms with van der Waals surface area (Å²) >= 11 is 0. The predicted molar refractivity (Wildman–Crippen MR) is 92.2 cm³/mol. The molecule has 0 atom stereocenters. The predicted octanol–water partition coefficient (Wildman–Crippen LogP) is 3.21. The fraction of sp³-hybridized carbons (Fsp3) is 0.684. The molecular weight excluding hydrogens is 306 g/mol. The van der Waals surface area contributed by atoms with Gasteiger partial charge < -0.3 is 14.4 Å². The summed E-state index contributed by atoms with van der Waals surface area (Å²) in [5.41, 5.74) is 1.94. The van der Waals surface area contributed by atoms with Gasteiger partial charge in [-0.3, -0.25) is 9.59 Å². The van der Waals surface area contributed by atoms with Gasteiger partial charge in [-0.15, -0.1) is 0 Å². The number of rotatable bonds is 6. The van der Waals surface area contributed by atoms with Crippen LogP contribution in [0.5, 0.6) is 0 Å². The van der Waals surface area contributed by atoms with Gasteiger partial charge in [0.25, 0.3) is 0 Å². The smallest absolute Gasteiger partial charge is 0.323 e. The maximum atomic E-state index is 12.6. The van der Waals surface area contributed by atoms with Crippen LogP contribution in [0.1, 0.15) is 52.9 Å². The fourth-order valence-corrected chi connectivity index (χ4v) is 3.59. The molecule has 1 saturated heterocycles. The average Bonchev–Trinajstić information content (AvgIpc) is 3.09. The molecule has 1 aliphatic carbocycles. The van der Waals surface area contributed by atoms with Crippen molar-refractivity contribution >= 4 is 11.9 Å². The van der Waals surface area contributed by atoms with Crippen LogP contribution in [0.4, 0.5) is 0 Å². The van der Waals surface area contributed by atoms with Crippen LogP contribution in [0.15, 0.2) is 23.4 Å². The molecule has 0 amide bonds. The summed E-state index contributed by atoms with van der Waals surface area (Å²) in [7, 11) is 0. The van der Waals surface area contributed by atoms with E-state index < -0.39 is 17.4 Å². The zero-order valence-electron chi connectivity index (χ0n) is 15.2. The first-order valence-electron chi connectivity index (χ1n) is 8.93. The second-order valence-corrected chi connectivity index (χ2v) is 6.60. The van der Waals surface area contributed by atoms with E-state index in [1.54, 1.807) is 13.8 Å². The van der Waals surface area contributed by atoms with Gasteiger partial charge in [-0.25, -0.2) is 0 Å². The van der Waals surface area contributed by atoms with Crippen molar-refractivity contribution in [3.8, 4) is 0 Å². The Bertz CT molecular complexity index is 526. The number of hydrogen-bond donors (Lipinski definition) is 0. The highest BCUT2D eigenvalue weighted by molar-refractivity contribution is 6.00. The van der Waals surface area contributed by atoms with Crippen LogP contribution in [-0.2, 0) is 19.1 Å². The molecule has 0 bridgehead atoms. The van der Waals surface area contributed by atoms with Crippen molar-refractivity contribution in [3.05, 3.63) is 23.4 Å². The van der Waals surface area contributed by atoms with Crippen LogP contribution >= 0.6 is 0 Å². The van der Waals surface area contributed by atoms with Gasteiger partial charge in [0.05, 0.1) is 13.2 Å². The minimum atomic E-state index is -1.23. The molecule has 0 aromatic rings. The first-order valence-corrected chi connectivity index (χ1v) is 8.93. The standard InChI is InChI=1S/C19H29NO4/c1-5-23-17(21)19(18(22)24-6-2)10-9-14(3)16(13-19)15(4)20-11-7-8-12-20/h4-13H2,1-3H3. The van der Waals surface area contributed by atoms with Crippen molar-refractivity contribution in [2.75, 3.05) is 26.3 Å². The van der Waals surface area contributed by atoms with Crippen LogP contribution in [0.2, 0.25) is 0 Å². The molecule has 0 spiro atoms. The maximum Gasteiger partial charge on any atom is 0.323 e. The van der Waals surface area contributed by atoms with E-state index >= 15 is 0 Å². The monoisotopic (exact) mass is 335 g/mol. The fourth-order valence-electron chi connectivity index (χ4n) is 3.59. The summed E-state index contributed by atoms with van der Waals surface area (Å²) in [5.74, 6) is -0.939. The molecule has 134 valence electrons. The Morgan fingerprint density at radius 3 is 2.17 bits per heavy atom. The van der Waals surface area contributed by atoms with Crippen molar-refractivity contribution in [2.45, 2.75) is 52.9 Å². The zero-order valence-corrected chi connectivity index (χ0v) is 15.2. The third kappa shape index (κ3) is 3.50. The molecule has 0 saturated carbocycles. The Morgan fingerprint density at radius 1 is 1.12 bits per heavy atom. The number of esters is 2.